The first kappa shape index (κ1) is 20.7. The van der Waals surface area contributed by atoms with Gasteiger partial charge in [0.2, 0.25) is 5.96 Å². The summed E-state index contributed by atoms with van der Waals surface area (Å²) < 4.78 is 10.5. The van der Waals surface area contributed by atoms with Gasteiger partial charge < -0.3 is 14.8 Å². The topological polar surface area (TPSA) is 67.2 Å². The molecule has 0 radical (unpaired) electrons. The smallest absolute Gasteiger partial charge is 0.212 e. The maximum atomic E-state index is 5.23. The van der Waals surface area contributed by atoms with Gasteiger partial charge in [-0.05, 0) is 60.4 Å². The Morgan fingerprint density at radius 1 is 0.935 bits per heavy atom. The second kappa shape index (κ2) is 9.51. The first-order valence-electron chi connectivity index (χ1n) is 10.4. The number of benzene rings is 2. The summed E-state index contributed by atoms with van der Waals surface area (Å²) in [7, 11) is 3.33. The van der Waals surface area contributed by atoms with Crippen LogP contribution >= 0.6 is 0 Å². The fourth-order valence-electron chi connectivity index (χ4n) is 3.26. The molecule has 0 unspecified atom stereocenters. The number of allylic oxidation sites excluding steroid dienone is 2. The summed E-state index contributed by atoms with van der Waals surface area (Å²) in [6.07, 6.45) is 10.5. The number of aliphatic imine (C=N–C) groups is 1. The van der Waals surface area contributed by atoms with Crippen molar-refractivity contribution in [3.63, 3.8) is 0 Å². The van der Waals surface area contributed by atoms with Crippen LogP contribution in [0.1, 0.15) is 24.0 Å². The maximum absolute atomic E-state index is 5.23. The molecule has 2 aromatic rings. The van der Waals surface area contributed by atoms with Gasteiger partial charge in [0.05, 0.1) is 26.5 Å². The van der Waals surface area contributed by atoms with E-state index in [0.29, 0.717) is 5.41 Å². The lowest BCUT2D eigenvalue weighted by Crippen LogP contribution is -2.43. The highest BCUT2D eigenvalue weighted by molar-refractivity contribution is 6.09. The van der Waals surface area contributed by atoms with Crippen LogP contribution in [-0.4, -0.2) is 39.0 Å². The molecule has 0 saturated heterocycles. The number of guanidine groups is 1. The third-order valence-electron chi connectivity index (χ3n) is 5.58. The number of ether oxygens (including phenoxy) is 2. The molecule has 0 atom stereocenters. The number of rotatable bonds is 7. The number of hydrazone groups is 1. The third-order valence-corrected chi connectivity index (χ3v) is 5.58. The second-order valence-electron chi connectivity index (χ2n) is 7.88. The van der Waals surface area contributed by atoms with Crippen molar-refractivity contribution >= 4 is 23.8 Å². The van der Waals surface area contributed by atoms with E-state index in [1.54, 1.807) is 14.2 Å². The molecular formula is C25H28N4O2. The van der Waals surface area contributed by atoms with Gasteiger partial charge in [0, 0.05) is 12.0 Å². The average Bonchev–Trinajstić information content (AvgIpc) is 3.59. The molecule has 1 aliphatic heterocycles. The molecule has 31 heavy (non-hydrogen) atoms. The Labute approximate surface area is 183 Å². The standard InChI is InChI=1S/C25H28N4O2/c1-30-22-11-5-19(6-12-22)3-9-21(10-4-20-7-13-23(31-2)14-8-20)28-29-24-26-17-25(15-16-25)18-27-24/h3-14H,15-18H2,1-2H3,(H2,26,27,29). The molecule has 2 aromatic carbocycles. The molecule has 2 aliphatic rings. The summed E-state index contributed by atoms with van der Waals surface area (Å²) in [6, 6.07) is 15.8. The highest BCUT2D eigenvalue weighted by Crippen LogP contribution is 2.46. The molecule has 0 bridgehead atoms. The molecule has 1 fully saturated rings. The minimum absolute atomic E-state index is 0.403. The molecule has 2 N–H and O–H groups in total. The number of hydrogen-bond donors (Lipinski definition) is 2. The number of methoxy groups -OCH3 is 2. The van der Waals surface area contributed by atoms with Crippen molar-refractivity contribution in [3.8, 4) is 11.5 Å². The van der Waals surface area contributed by atoms with Crippen molar-refractivity contribution in [1.82, 2.24) is 10.7 Å². The summed E-state index contributed by atoms with van der Waals surface area (Å²) in [5.41, 5.74) is 6.39. The van der Waals surface area contributed by atoms with Crippen LogP contribution in [0, 0.1) is 5.41 Å². The molecule has 160 valence electrons. The van der Waals surface area contributed by atoms with Gasteiger partial charge in [0.1, 0.15) is 11.5 Å². The maximum Gasteiger partial charge on any atom is 0.212 e. The van der Waals surface area contributed by atoms with Crippen LogP contribution in [0.3, 0.4) is 0 Å². The number of nitrogens with one attached hydrogen (secondary N) is 2. The largest absolute Gasteiger partial charge is 0.497 e. The number of hydrogen-bond acceptors (Lipinski definition) is 6. The van der Waals surface area contributed by atoms with E-state index in [9.17, 15) is 0 Å². The predicted molar refractivity (Wildman–Crippen MR) is 127 cm³/mol. The Morgan fingerprint density at radius 2 is 1.48 bits per heavy atom. The van der Waals surface area contributed by atoms with Crippen LogP contribution in [0.25, 0.3) is 12.2 Å². The van der Waals surface area contributed by atoms with Gasteiger partial charge in [0.25, 0.3) is 0 Å². The zero-order valence-corrected chi connectivity index (χ0v) is 18.0. The minimum Gasteiger partial charge on any atom is -0.497 e. The number of nitrogens with zero attached hydrogens (tertiary/aromatic N) is 2. The normalized spacial score (nSPS) is 16.6. The van der Waals surface area contributed by atoms with E-state index in [-0.39, 0.29) is 0 Å². The fraction of sp³-hybridized carbons (Fsp3) is 0.280. The van der Waals surface area contributed by atoms with Crippen LogP contribution in [0.2, 0.25) is 0 Å². The molecule has 6 heteroatoms. The Morgan fingerprint density at radius 3 is 1.90 bits per heavy atom. The molecule has 0 aromatic heterocycles. The minimum atomic E-state index is 0.403. The summed E-state index contributed by atoms with van der Waals surface area (Å²) in [5, 5.41) is 7.92. The molecule has 1 saturated carbocycles. The Bertz CT molecular complexity index is 941. The summed E-state index contributed by atoms with van der Waals surface area (Å²) in [4.78, 5) is 4.60. The molecule has 0 amide bonds. The quantitative estimate of drug-likeness (QED) is 0.526. The first-order chi connectivity index (χ1) is 15.2. The van der Waals surface area contributed by atoms with E-state index in [4.69, 9.17) is 9.47 Å². The molecule has 6 nitrogen and oxygen atoms in total. The first-order valence-corrected chi connectivity index (χ1v) is 10.4. The van der Waals surface area contributed by atoms with Gasteiger partial charge in [-0.15, -0.1) is 0 Å². The van der Waals surface area contributed by atoms with Gasteiger partial charge in [-0.1, -0.05) is 36.4 Å². The molecular weight excluding hydrogens is 388 g/mol. The lowest BCUT2D eigenvalue weighted by molar-refractivity contribution is 0.414. The zero-order chi connectivity index (χ0) is 21.5. The summed E-state index contributed by atoms with van der Waals surface area (Å²) in [6.45, 7) is 1.84. The van der Waals surface area contributed by atoms with Crippen LogP contribution < -0.4 is 20.2 Å². The van der Waals surface area contributed by atoms with Gasteiger partial charge >= 0.3 is 0 Å². The Kier molecular flexibility index (Phi) is 6.36. The van der Waals surface area contributed by atoms with Gasteiger partial charge in [0.15, 0.2) is 0 Å². The van der Waals surface area contributed by atoms with Gasteiger partial charge in [-0.25, -0.2) is 5.43 Å². The highest BCUT2D eigenvalue weighted by Gasteiger charge is 2.44. The van der Waals surface area contributed by atoms with Crippen molar-refractivity contribution in [2.24, 2.45) is 15.5 Å². The SMILES string of the molecule is COc1ccc(C=CC(C=Cc2ccc(OC)cc2)=NNC2=NCC3(CC3)CN2)cc1. The summed E-state index contributed by atoms with van der Waals surface area (Å²) >= 11 is 0. The van der Waals surface area contributed by atoms with Crippen molar-refractivity contribution in [3.05, 3.63) is 71.8 Å². The lowest BCUT2D eigenvalue weighted by atomic mass is 10.1. The Hall–Kier alpha value is -3.54. The monoisotopic (exact) mass is 416 g/mol. The predicted octanol–water partition coefficient (Wildman–Crippen LogP) is 4.12. The van der Waals surface area contributed by atoms with Gasteiger partial charge in [-0.3, -0.25) is 4.99 Å². The average molecular weight is 417 g/mol. The van der Waals surface area contributed by atoms with E-state index in [0.717, 1.165) is 47.4 Å². The van der Waals surface area contributed by atoms with Crippen molar-refractivity contribution in [2.45, 2.75) is 12.8 Å². The van der Waals surface area contributed by atoms with E-state index in [1.165, 1.54) is 12.8 Å². The van der Waals surface area contributed by atoms with Crippen LogP contribution in [-0.2, 0) is 0 Å². The van der Waals surface area contributed by atoms with Crippen LogP contribution in [0.4, 0.5) is 0 Å². The van der Waals surface area contributed by atoms with Crippen molar-refractivity contribution in [1.29, 1.82) is 0 Å². The molecule has 1 heterocycles. The van der Waals surface area contributed by atoms with Crippen LogP contribution in [0.15, 0.2) is 70.8 Å². The third kappa shape index (κ3) is 5.75. The highest BCUT2D eigenvalue weighted by atomic mass is 16.5. The second-order valence-corrected chi connectivity index (χ2v) is 7.88. The molecule has 1 spiro atoms. The van der Waals surface area contributed by atoms with Gasteiger partial charge in [-0.2, -0.15) is 5.10 Å². The van der Waals surface area contributed by atoms with Crippen LogP contribution in [0.5, 0.6) is 11.5 Å². The summed E-state index contributed by atoms with van der Waals surface area (Å²) in [5.74, 6) is 2.40. The lowest BCUT2D eigenvalue weighted by Gasteiger charge is -2.21. The van der Waals surface area contributed by atoms with E-state index >= 15 is 0 Å². The molecule has 1 aliphatic carbocycles. The zero-order valence-electron chi connectivity index (χ0n) is 18.0. The van der Waals surface area contributed by atoms with Crippen molar-refractivity contribution < 1.29 is 9.47 Å². The van der Waals surface area contributed by atoms with E-state index in [2.05, 4.69) is 20.8 Å². The van der Waals surface area contributed by atoms with E-state index in [1.807, 2.05) is 72.8 Å². The van der Waals surface area contributed by atoms with Crippen molar-refractivity contribution in [2.75, 3.05) is 27.3 Å². The molecule has 4 rings (SSSR count). The van der Waals surface area contributed by atoms with E-state index < -0.39 is 0 Å². The Balaban J connectivity index is 1.49. The fourth-order valence-corrected chi connectivity index (χ4v) is 3.26.